The molecule has 2 aromatic rings. The number of likely N-dealkylation sites (N-methyl/N-ethyl adjacent to an activating group) is 1. The molecule has 1 amide bonds. The molecule has 6 heteroatoms. The van der Waals surface area contributed by atoms with Crippen LogP contribution in [0.5, 0.6) is 0 Å². The molecule has 0 radical (unpaired) electrons. The normalized spacial score (nSPS) is 11.3. The van der Waals surface area contributed by atoms with E-state index in [1.54, 1.807) is 32.0 Å². The third kappa shape index (κ3) is 2.49. The van der Waals surface area contributed by atoms with E-state index in [4.69, 9.17) is 4.42 Å². The molecule has 2 heterocycles. The number of nitrogens with one attached hydrogen (secondary N) is 1. The molecule has 2 aromatic heterocycles. The first-order chi connectivity index (χ1) is 9.46. The Kier molecular flexibility index (Phi) is 3.74. The molecule has 106 valence electrons. The number of carbonyl (C=O) groups excluding carboxylic acids is 1. The molecule has 0 saturated heterocycles. The van der Waals surface area contributed by atoms with Gasteiger partial charge in [0.2, 0.25) is 5.91 Å². The molecule has 0 atom stereocenters. The van der Waals surface area contributed by atoms with E-state index in [0.717, 1.165) is 0 Å². The van der Waals surface area contributed by atoms with Gasteiger partial charge in [-0.15, -0.1) is 0 Å². The number of amides is 1. The van der Waals surface area contributed by atoms with Gasteiger partial charge in [0.1, 0.15) is 11.2 Å². The van der Waals surface area contributed by atoms with Crippen LogP contribution < -0.4 is 10.9 Å². The zero-order valence-electron chi connectivity index (χ0n) is 11.7. The van der Waals surface area contributed by atoms with Crippen LogP contribution in [-0.4, -0.2) is 22.2 Å². The Bertz CT molecular complexity index is 657. The topological polar surface area (TPSA) is 77.1 Å². The minimum absolute atomic E-state index is 0.258. The van der Waals surface area contributed by atoms with E-state index in [9.17, 15) is 9.59 Å². The number of hydrogen-bond donors (Lipinski definition) is 1. The van der Waals surface area contributed by atoms with Gasteiger partial charge >= 0.3 is 0 Å². The Balaban J connectivity index is 2.48. The second-order valence-electron chi connectivity index (χ2n) is 4.86. The molecule has 1 N–H and O–H groups in total. The van der Waals surface area contributed by atoms with Gasteiger partial charge in [0.15, 0.2) is 5.76 Å². The molecule has 0 fully saturated rings. The van der Waals surface area contributed by atoms with Crippen LogP contribution in [0, 0.1) is 0 Å². The highest BCUT2D eigenvalue weighted by atomic mass is 16.3. The molecule has 0 aliphatic heterocycles. The first-order valence-corrected chi connectivity index (χ1v) is 6.40. The molecule has 0 saturated carbocycles. The molecular weight excluding hydrogens is 258 g/mol. The van der Waals surface area contributed by atoms with Gasteiger partial charge in [-0.3, -0.25) is 9.59 Å². The lowest BCUT2D eigenvalue weighted by atomic mass is 10.0. The summed E-state index contributed by atoms with van der Waals surface area (Å²) in [5.41, 5.74) is -0.904. The third-order valence-corrected chi connectivity index (χ3v) is 3.00. The summed E-state index contributed by atoms with van der Waals surface area (Å²) in [6, 6.07) is 6.44. The average Bonchev–Trinajstić information content (AvgIpc) is 2.93. The minimum atomic E-state index is -1.07. The summed E-state index contributed by atoms with van der Waals surface area (Å²) in [6.45, 7) is 5.62. The van der Waals surface area contributed by atoms with Crippen LogP contribution in [0.2, 0.25) is 0 Å². The minimum Gasteiger partial charge on any atom is -0.463 e. The fourth-order valence-electron chi connectivity index (χ4n) is 1.84. The van der Waals surface area contributed by atoms with Gasteiger partial charge in [0.25, 0.3) is 5.56 Å². The van der Waals surface area contributed by atoms with Crippen molar-refractivity contribution in [1.82, 2.24) is 15.1 Å². The number of carbonyl (C=O) groups is 1. The average molecular weight is 275 g/mol. The molecular formula is C14H17N3O3. The van der Waals surface area contributed by atoms with E-state index in [2.05, 4.69) is 10.4 Å². The molecule has 0 aliphatic carbocycles. The number of nitrogens with zero attached hydrogens (tertiary/aromatic N) is 2. The van der Waals surface area contributed by atoms with Crippen LogP contribution in [-0.2, 0) is 10.3 Å². The highest BCUT2D eigenvalue weighted by Gasteiger charge is 2.31. The van der Waals surface area contributed by atoms with E-state index in [1.807, 2.05) is 6.92 Å². The van der Waals surface area contributed by atoms with Crippen molar-refractivity contribution in [3.8, 4) is 11.5 Å². The van der Waals surface area contributed by atoms with E-state index < -0.39 is 5.54 Å². The van der Waals surface area contributed by atoms with Crippen molar-refractivity contribution in [2.45, 2.75) is 26.3 Å². The van der Waals surface area contributed by atoms with Crippen molar-refractivity contribution < 1.29 is 9.21 Å². The van der Waals surface area contributed by atoms with E-state index >= 15 is 0 Å². The van der Waals surface area contributed by atoms with Gasteiger partial charge in [-0.2, -0.15) is 5.10 Å². The lowest BCUT2D eigenvalue weighted by Crippen LogP contribution is -2.49. The predicted octanol–water partition coefficient (Wildman–Crippen LogP) is 1.37. The van der Waals surface area contributed by atoms with E-state index in [0.29, 0.717) is 18.0 Å². The summed E-state index contributed by atoms with van der Waals surface area (Å²) in [7, 11) is 0. The van der Waals surface area contributed by atoms with Crippen LogP contribution in [0.1, 0.15) is 20.8 Å². The van der Waals surface area contributed by atoms with Gasteiger partial charge in [-0.05, 0) is 39.0 Å². The van der Waals surface area contributed by atoms with Gasteiger partial charge in [-0.25, -0.2) is 4.68 Å². The van der Waals surface area contributed by atoms with Crippen LogP contribution in [0.4, 0.5) is 0 Å². The molecule has 0 aliphatic rings. The Morgan fingerprint density at radius 3 is 2.75 bits per heavy atom. The molecule has 2 rings (SSSR count). The fourth-order valence-corrected chi connectivity index (χ4v) is 1.84. The molecule has 6 nitrogen and oxygen atoms in total. The largest absolute Gasteiger partial charge is 0.463 e. The zero-order chi connectivity index (χ0) is 14.8. The highest BCUT2D eigenvalue weighted by molar-refractivity contribution is 5.83. The van der Waals surface area contributed by atoms with Gasteiger partial charge in [0.05, 0.1) is 6.26 Å². The zero-order valence-corrected chi connectivity index (χ0v) is 11.7. The number of rotatable bonds is 4. The summed E-state index contributed by atoms with van der Waals surface area (Å²) in [5.74, 6) is 0.289. The van der Waals surface area contributed by atoms with E-state index in [-0.39, 0.29) is 11.5 Å². The van der Waals surface area contributed by atoms with Crippen molar-refractivity contribution in [3.05, 3.63) is 40.9 Å². The first kappa shape index (κ1) is 14.0. The van der Waals surface area contributed by atoms with Crippen molar-refractivity contribution in [2.24, 2.45) is 0 Å². The maximum Gasteiger partial charge on any atom is 0.267 e. The SMILES string of the molecule is CCNC(=O)C(C)(C)n1nc(-c2ccco2)ccc1=O. The summed E-state index contributed by atoms with van der Waals surface area (Å²) in [5, 5.41) is 6.94. The second kappa shape index (κ2) is 5.32. The van der Waals surface area contributed by atoms with E-state index in [1.165, 1.54) is 17.0 Å². The Morgan fingerprint density at radius 1 is 1.40 bits per heavy atom. The fraction of sp³-hybridized carbons (Fsp3) is 0.357. The van der Waals surface area contributed by atoms with Crippen LogP contribution in [0.25, 0.3) is 11.5 Å². The van der Waals surface area contributed by atoms with Gasteiger partial charge < -0.3 is 9.73 Å². The summed E-state index contributed by atoms with van der Waals surface area (Å²) < 4.78 is 6.43. The van der Waals surface area contributed by atoms with Crippen LogP contribution in [0.3, 0.4) is 0 Å². The number of furan rings is 1. The smallest absolute Gasteiger partial charge is 0.267 e. The van der Waals surface area contributed by atoms with Crippen molar-refractivity contribution >= 4 is 5.91 Å². The van der Waals surface area contributed by atoms with Crippen molar-refractivity contribution in [3.63, 3.8) is 0 Å². The van der Waals surface area contributed by atoms with Crippen molar-refractivity contribution in [2.75, 3.05) is 6.54 Å². The molecule has 0 spiro atoms. The number of hydrogen-bond acceptors (Lipinski definition) is 4. The van der Waals surface area contributed by atoms with Crippen molar-refractivity contribution in [1.29, 1.82) is 0 Å². The quantitative estimate of drug-likeness (QED) is 0.914. The van der Waals surface area contributed by atoms with Gasteiger partial charge in [-0.1, -0.05) is 0 Å². The summed E-state index contributed by atoms with van der Waals surface area (Å²) in [6.07, 6.45) is 1.53. The Labute approximate surface area is 116 Å². The highest BCUT2D eigenvalue weighted by Crippen LogP contribution is 2.18. The van der Waals surface area contributed by atoms with Crippen LogP contribution in [0.15, 0.2) is 39.7 Å². The number of aromatic nitrogens is 2. The summed E-state index contributed by atoms with van der Waals surface area (Å²) >= 11 is 0. The molecule has 20 heavy (non-hydrogen) atoms. The van der Waals surface area contributed by atoms with Gasteiger partial charge in [0, 0.05) is 12.6 Å². The standard InChI is InChI=1S/C14H17N3O3/c1-4-15-13(19)14(2,3)17-12(18)8-7-10(16-17)11-6-5-9-20-11/h5-9H,4H2,1-3H3,(H,15,19). The Hall–Kier alpha value is -2.37. The maximum absolute atomic E-state index is 12.1. The lowest BCUT2D eigenvalue weighted by molar-refractivity contribution is -0.128. The first-order valence-electron chi connectivity index (χ1n) is 6.40. The second-order valence-corrected chi connectivity index (χ2v) is 4.86. The third-order valence-electron chi connectivity index (χ3n) is 3.00. The van der Waals surface area contributed by atoms with Crippen LogP contribution >= 0.6 is 0 Å². The predicted molar refractivity (Wildman–Crippen MR) is 74.2 cm³/mol. The maximum atomic E-state index is 12.1. The lowest BCUT2D eigenvalue weighted by Gasteiger charge is -2.24. The monoisotopic (exact) mass is 275 g/mol. The molecule has 0 aromatic carbocycles. The summed E-state index contributed by atoms with van der Waals surface area (Å²) in [4.78, 5) is 24.1. The molecule has 0 unspecified atom stereocenters. The molecule has 0 bridgehead atoms. The Morgan fingerprint density at radius 2 is 2.15 bits per heavy atom.